The van der Waals surface area contributed by atoms with E-state index in [0.29, 0.717) is 0 Å². The minimum absolute atomic E-state index is 0.550. The molecule has 7 N–H and O–H groups in total. The van der Waals surface area contributed by atoms with E-state index >= 15 is 0 Å². The Hall–Kier alpha value is -0.860. The van der Waals surface area contributed by atoms with Crippen LogP contribution >= 0.6 is 7.82 Å². The van der Waals surface area contributed by atoms with E-state index in [-0.39, 0.29) is 0 Å². The predicted molar refractivity (Wildman–Crippen MR) is 45.8 cm³/mol. The number of nitrogens with zero attached hydrogens (tertiary/aromatic N) is 1. The Morgan fingerprint density at radius 1 is 1.57 bits per heavy atom. The average Bonchev–Trinajstić information content (AvgIpc) is 2.11. The van der Waals surface area contributed by atoms with E-state index in [4.69, 9.17) is 26.6 Å². The number of guanidine groups is 1. The molecule has 0 spiro atoms. The standard InChI is InChI=1S/C4H12N3O6P/c5-4(6)7-13-14(10,11)12-2-3(9)1-8/h3,8-9H,1-2H2,(H,10,11)(H4,5,6,7). The lowest BCUT2D eigenvalue weighted by atomic mass is 10.4. The van der Waals surface area contributed by atoms with Crippen molar-refractivity contribution < 1.29 is 28.8 Å². The van der Waals surface area contributed by atoms with Crippen LogP contribution in [0.2, 0.25) is 0 Å². The van der Waals surface area contributed by atoms with E-state index in [1.54, 1.807) is 0 Å². The topological polar surface area (TPSA) is 161 Å². The van der Waals surface area contributed by atoms with Crippen molar-refractivity contribution in [1.82, 2.24) is 0 Å². The molecule has 0 aromatic rings. The fourth-order valence-corrected chi connectivity index (χ4v) is 0.960. The molecule has 0 rings (SSSR count). The van der Waals surface area contributed by atoms with Crippen molar-refractivity contribution in [2.24, 2.45) is 16.6 Å². The number of rotatable bonds is 6. The fourth-order valence-electron chi connectivity index (χ4n) is 0.355. The Bertz CT molecular complexity index is 241. The molecule has 0 aromatic carbocycles. The molecule has 9 nitrogen and oxygen atoms in total. The second-order valence-corrected chi connectivity index (χ2v) is 3.56. The van der Waals surface area contributed by atoms with Crippen LogP contribution < -0.4 is 11.5 Å². The third-order valence-corrected chi connectivity index (χ3v) is 1.65. The molecule has 0 bridgehead atoms. The van der Waals surface area contributed by atoms with Gasteiger partial charge in [0, 0.05) is 0 Å². The molecule has 0 aliphatic rings. The second-order valence-electron chi connectivity index (χ2n) is 2.20. The summed E-state index contributed by atoms with van der Waals surface area (Å²) in [5, 5.41) is 19.9. The number of oxime groups is 1. The van der Waals surface area contributed by atoms with Gasteiger partial charge >= 0.3 is 7.82 Å². The zero-order chi connectivity index (χ0) is 11.2. The monoisotopic (exact) mass is 229 g/mol. The van der Waals surface area contributed by atoms with Crippen molar-refractivity contribution in [3.63, 3.8) is 0 Å². The zero-order valence-corrected chi connectivity index (χ0v) is 8.00. The van der Waals surface area contributed by atoms with Gasteiger partial charge in [0.15, 0.2) is 0 Å². The SMILES string of the molecule is NC(N)=NOP(=O)(O)OCC(O)CO. The van der Waals surface area contributed by atoms with Crippen LogP contribution in [0.25, 0.3) is 0 Å². The van der Waals surface area contributed by atoms with Gasteiger partial charge in [0.25, 0.3) is 0 Å². The molecule has 14 heavy (non-hydrogen) atoms. The summed E-state index contributed by atoms with van der Waals surface area (Å²) in [6.45, 7) is -1.19. The van der Waals surface area contributed by atoms with Crippen molar-refractivity contribution in [1.29, 1.82) is 0 Å². The van der Waals surface area contributed by atoms with Gasteiger partial charge in [-0.2, -0.15) is 0 Å². The van der Waals surface area contributed by atoms with E-state index in [1.807, 2.05) is 0 Å². The lowest BCUT2D eigenvalue weighted by Gasteiger charge is -2.10. The molecule has 0 saturated carbocycles. The summed E-state index contributed by atoms with van der Waals surface area (Å²) in [5.41, 5.74) is 9.61. The summed E-state index contributed by atoms with van der Waals surface area (Å²) in [7, 11) is -4.43. The van der Waals surface area contributed by atoms with Gasteiger partial charge in [0.1, 0.15) is 6.10 Å². The predicted octanol–water partition coefficient (Wildman–Crippen LogP) is -2.34. The van der Waals surface area contributed by atoms with Gasteiger partial charge in [-0.1, -0.05) is 0 Å². The molecule has 0 aliphatic carbocycles. The number of phosphoric acid groups is 1. The van der Waals surface area contributed by atoms with Crippen molar-refractivity contribution in [2.45, 2.75) is 6.10 Å². The summed E-state index contributed by atoms with van der Waals surface area (Å²) in [6, 6.07) is 0. The van der Waals surface area contributed by atoms with Crippen molar-refractivity contribution in [3.8, 4) is 0 Å². The van der Waals surface area contributed by atoms with Gasteiger partial charge < -0.3 is 21.7 Å². The maximum Gasteiger partial charge on any atom is 0.548 e. The summed E-state index contributed by atoms with van der Waals surface area (Å²) >= 11 is 0. The molecule has 2 unspecified atom stereocenters. The highest BCUT2D eigenvalue weighted by atomic mass is 31.2. The van der Waals surface area contributed by atoms with Crippen molar-refractivity contribution in [3.05, 3.63) is 0 Å². The minimum Gasteiger partial charge on any atom is -0.394 e. The molecular formula is C4H12N3O6P. The normalized spacial score (nSPS) is 16.8. The number of hydrogen-bond acceptors (Lipinski definition) is 6. The average molecular weight is 229 g/mol. The summed E-state index contributed by atoms with van der Waals surface area (Å²) in [6.07, 6.45) is -1.28. The van der Waals surface area contributed by atoms with Crippen LogP contribution in [-0.2, 0) is 13.7 Å². The Labute approximate surface area is 79.5 Å². The van der Waals surface area contributed by atoms with Crippen LogP contribution in [0.1, 0.15) is 0 Å². The van der Waals surface area contributed by atoms with Gasteiger partial charge in [-0.15, -0.1) is 0 Å². The maximum atomic E-state index is 10.8. The fraction of sp³-hybridized carbons (Fsp3) is 0.750. The van der Waals surface area contributed by atoms with Crippen molar-refractivity contribution in [2.75, 3.05) is 13.2 Å². The molecule has 0 saturated heterocycles. The summed E-state index contributed by atoms with van der Waals surface area (Å²) < 4.78 is 19.0. The van der Waals surface area contributed by atoms with Crippen LogP contribution in [0.15, 0.2) is 5.16 Å². The molecule has 0 aromatic heterocycles. The smallest absolute Gasteiger partial charge is 0.394 e. The third kappa shape index (κ3) is 6.63. The Morgan fingerprint density at radius 3 is 2.57 bits per heavy atom. The van der Waals surface area contributed by atoms with Gasteiger partial charge in [0.2, 0.25) is 5.96 Å². The molecule has 84 valence electrons. The van der Waals surface area contributed by atoms with E-state index in [1.165, 1.54) is 0 Å². The first kappa shape index (κ1) is 13.1. The first-order chi connectivity index (χ1) is 6.37. The molecule has 2 atom stereocenters. The third-order valence-electron chi connectivity index (χ3n) is 0.890. The van der Waals surface area contributed by atoms with Gasteiger partial charge in [-0.05, 0) is 5.16 Å². The number of aliphatic hydroxyl groups is 2. The first-order valence-electron chi connectivity index (χ1n) is 3.41. The second kappa shape index (κ2) is 5.78. The lowest BCUT2D eigenvalue weighted by Crippen LogP contribution is -2.23. The molecule has 0 fully saturated rings. The quantitative estimate of drug-likeness (QED) is 0.146. The highest BCUT2D eigenvalue weighted by Crippen LogP contribution is 2.43. The highest BCUT2D eigenvalue weighted by Gasteiger charge is 2.24. The number of phosphoric ester groups is 1. The van der Waals surface area contributed by atoms with Crippen LogP contribution in [-0.4, -0.2) is 40.4 Å². The van der Waals surface area contributed by atoms with Crippen LogP contribution in [0.5, 0.6) is 0 Å². The van der Waals surface area contributed by atoms with Gasteiger partial charge in [-0.25, -0.2) is 4.57 Å². The summed E-state index contributed by atoms with van der Waals surface area (Å²) in [5.74, 6) is -0.550. The van der Waals surface area contributed by atoms with Crippen LogP contribution in [0.4, 0.5) is 0 Å². The maximum absolute atomic E-state index is 10.8. The Morgan fingerprint density at radius 2 is 2.14 bits per heavy atom. The van der Waals surface area contributed by atoms with Crippen molar-refractivity contribution >= 4 is 13.8 Å². The van der Waals surface area contributed by atoms with Gasteiger partial charge in [-0.3, -0.25) is 14.0 Å². The molecule has 0 amide bonds. The van der Waals surface area contributed by atoms with Crippen LogP contribution in [0, 0.1) is 0 Å². The lowest BCUT2D eigenvalue weighted by molar-refractivity contribution is 0.0366. The molecule has 0 radical (unpaired) electrons. The minimum atomic E-state index is -4.43. The zero-order valence-electron chi connectivity index (χ0n) is 7.11. The number of nitrogens with two attached hydrogens (primary N) is 2. The Balaban J connectivity index is 3.96. The van der Waals surface area contributed by atoms with E-state index in [0.717, 1.165) is 0 Å². The molecule has 10 heteroatoms. The van der Waals surface area contributed by atoms with E-state index in [9.17, 15) is 4.57 Å². The van der Waals surface area contributed by atoms with Crippen LogP contribution in [0.3, 0.4) is 0 Å². The van der Waals surface area contributed by atoms with E-state index < -0.39 is 33.1 Å². The summed E-state index contributed by atoms with van der Waals surface area (Å²) in [4.78, 5) is 8.81. The molecule has 0 heterocycles. The first-order valence-corrected chi connectivity index (χ1v) is 4.91. The van der Waals surface area contributed by atoms with E-state index in [2.05, 4.69) is 14.3 Å². The molecule has 0 aliphatic heterocycles. The molecular weight excluding hydrogens is 217 g/mol. The van der Waals surface area contributed by atoms with Gasteiger partial charge in [0.05, 0.1) is 13.2 Å². The number of aliphatic hydroxyl groups excluding tert-OH is 2. The Kier molecular flexibility index (Phi) is 5.43. The highest BCUT2D eigenvalue weighted by molar-refractivity contribution is 7.47. The number of hydrogen-bond donors (Lipinski definition) is 5. The largest absolute Gasteiger partial charge is 0.548 e.